The zero-order chi connectivity index (χ0) is 20.4. The number of nitrogen functional groups attached to an aromatic ring is 2. The summed E-state index contributed by atoms with van der Waals surface area (Å²) >= 11 is 4.42. The van der Waals surface area contributed by atoms with E-state index >= 15 is 0 Å². The number of hydrogen-bond donors (Lipinski definition) is 4. The minimum Gasteiger partial charge on any atom is -0.396 e. The van der Waals surface area contributed by atoms with Crippen LogP contribution in [0, 0.1) is 35.8 Å². The summed E-state index contributed by atoms with van der Waals surface area (Å²) in [5, 5.41) is 7.28. The van der Waals surface area contributed by atoms with Crippen LogP contribution in [0.1, 0.15) is 22.3 Å². The average Bonchev–Trinajstić information content (AvgIpc) is 2.68. The van der Waals surface area contributed by atoms with Crippen LogP contribution < -0.4 is 11.5 Å². The summed E-state index contributed by atoms with van der Waals surface area (Å²) in [6.45, 7) is 1.85. The molecule has 0 unspecified atom stereocenters. The Labute approximate surface area is 166 Å². The van der Waals surface area contributed by atoms with Gasteiger partial charge in [-0.05, 0) is 30.2 Å². The summed E-state index contributed by atoms with van der Waals surface area (Å²) in [7, 11) is 0. The molecule has 4 nitrogen and oxygen atoms in total. The lowest BCUT2D eigenvalue weighted by Gasteiger charge is -2.12. The third kappa shape index (κ3) is 3.55. The number of nitrogens with two attached hydrogens (primary N) is 2. The van der Waals surface area contributed by atoms with E-state index in [9.17, 15) is 8.78 Å². The van der Waals surface area contributed by atoms with Crippen LogP contribution in [0.25, 0.3) is 11.1 Å². The number of thiol groups is 1. The molecule has 0 bridgehead atoms. The Morgan fingerprint density at radius 1 is 1.14 bits per heavy atom. The highest BCUT2D eigenvalue weighted by Gasteiger charge is 2.18. The van der Waals surface area contributed by atoms with Gasteiger partial charge in [0.05, 0.1) is 11.3 Å². The third-order valence-electron chi connectivity index (χ3n) is 4.22. The van der Waals surface area contributed by atoms with Gasteiger partial charge in [0, 0.05) is 34.0 Å². The van der Waals surface area contributed by atoms with Crippen LogP contribution in [0.15, 0.2) is 41.4 Å². The number of pyridine rings is 1. The summed E-state index contributed by atoms with van der Waals surface area (Å²) in [5.41, 5.74) is 13.3. The van der Waals surface area contributed by atoms with Gasteiger partial charge in [0.25, 0.3) is 0 Å². The molecule has 3 aromatic rings. The molecule has 0 aliphatic carbocycles. The number of anilines is 2. The van der Waals surface area contributed by atoms with Crippen molar-refractivity contribution in [1.82, 2.24) is 4.98 Å². The van der Waals surface area contributed by atoms with Gasteiger partial charge in [-0.3, -0.25) is 0 Å². The van der Waals surface area contributed by atoms with Gasteiger partial charge in [-0.25, -0.2) is 13.8 Å². The second-order valence-electron chi connectivity index (χ2n) is 6.07. The molecular weight excluding hydrogens is 378 g/mol. The first-order chi connectivity index (χ1) is 13.3. The molecule has 7 heteroatoms. The van der Waals surface area contributed by atoms with Crippen LogP contribution in [0.5, 0.6) is 0 Å². The van der Waals surface area contributed by atoms with Crippen LogP contribution >= 0.6 is 12.6 Å². The fraction of sp³-hybridized carbons (Fsp3) is 0.0476. The molecule has 140 valence electrons. The van der Waals surface area contributed by atoms with E-state index in [-0.39, 0.29) is 17.1 Å². The van der Waals surface area contributed by atoms with Gasteiger partial charge in [-0.1, -0.05) is 30.0 Å². The molecule has 3 rings (SSSR count). The van der Waals surface area contributed by atoms with Crippen LogP contribution in [-0.2, 0) is 0 Å². The van der Waals surface area contributed by atoms with Crippen molar-refractivity contribution in [1.29, 1.82) is 5.41 Å². The lowest BCUT2D eigenvalue weighted by molar-refractivity contribution is 0.581. The topological polar surface area (TPSA) is 88.8 Å². The second-order valence-corrected chi connectivity index (χ2v) is 6.52. The first-order valence-corrected chi connectivity index (χ1v) is 8.62. The van der Waals surface area contributed by atoms with E-state index in [1.807, 2.05) is 13.0 Å². The molecule has 0 fully saturated rings. The Balaban J connectivity index is 2.10. The van der Waals surface area contributed by atoms with Crippen molar-refractivity contribution in [2.45, 2.75) is 11.8 Å². The SMILES string of the molecule is Cc1cccc(-c2cc(F)c(C#Cc3cnc(N)c(C=N)c3)c(F)c2N)c1S. The Morgan fingerprint density at radius 3 is 2.61 bits per heavy atom. The molecule has 0 spiro atoms. The summed E-state index contributed by atoms with van der Waals surface area (Å²) in [5.74, 6) is 3.49. The van der Waals surface area contributed by atoms with Gasteiger partial charge in [0.2, 0.25) is 0 Å². The standard InChI is InChI=1S/C21H16F2N4S/c1-11-3-2-4-14(20(11)28)16-8-17(22)15(18(23)19(16)25)6-5-12-7-13(9-24)21(26)27-10-12/h2-4,7-10,24,28H,25H2,1H3,(H2,26,27). The molecule has 1 aromatic heterocycles. The Morgan fingerprint density at radius 2 is 1.89 bits per heavy atom. The van der Waals surface area contributed by atoms with E-state index in [0.29, 0.717) is 21.6 Å². The van der Waals surface area contributed by atoms with Gasteiger partial charge in [-0.2, -0.15) is 0 Å². The van der Waals surface area contributed by atoms with E-state index in [2.05, 4.69) is 29.5 Å². The highest BCUT2D eigenvalue weighted by molar-refractivity contribution is 7.80. The quantitative estimate of drug-likeness (QED) is 0.227. The van der Waals surface area contributed by atoms with Crippen molar-refractivity contribution in [3.63, 3.8) is 0 Å². The Bertz CT molecular complexity index is 1160. The molecular formula is C21H16F2N4S. The summed E-state index contributed by atoms with van der Waals surface area (Å²) in [4.78, 5) is 4.50. The molecule has 0 atom stereocenters. The van der Waals surface area contributed by atoms with Crippen molar-refractivity contribution in [2.24, 2.45) is 0 Å². The molecule has 28 heavy (non-hydrogen) atoms. The number of nitrogens with zero attached hydrogens (tertiary/aromatic N) is 1. The van der Waals surface area contributed by atoms with Gasteiger partial charge in [-0.15, -0.1) is 12.6 Å². The first kappa shape index (κ1) is 19.4. The summed E-state index contributed by atoms with van der Waals surface area (Å²) in [6, 6.07) is 7.97. The number of benzene rings is 2. The number of aromatic nitrogens is 1. The lowest BCUT2D eigenvalue weighted by Crippen LogP contribution is -2.02. The molecule has 5 N–H and O–H groups in total. The predicted octanol–water partition coefficient (Wildman–Crippen LogP) is 4.19. The molecule has 0 aliphatic rings. The zero-order valence-corrected chi connectivity index (χ0v) is 15.7. The average molecular weight is 394 g/mol. The number of halogens is 2. The number of nitrogens with one attached hydrogen (secondary N) is 1. The largest absolute Gasteiger partial charge is 0.396 e. The van der Waals surface area contributed by atoms with Gasteiger partial charge >= 0.3 is 0 Å². The fourth-order valence-corrected chi connectivity index (χ4v) is 2.93. The summed E-state index contributed by atoms with van der Waals surface area (Å²) < 4.78 is 29.4. The van der Waals surface area contributed by atoms with Crippen LogP contribution in [0.2, 0.25) is 0 Å². The number of hydrogen-bond acceptors (Lipinski definition) is 5. The maximum Gasteiger partial charge on any atom is 0.165 e. The van der Waals surface area contributed by atoms with Crippen molar-refractivity contribution in [2.75, 3.05) is 11.5 Å². The number of rotatable bonds is 2. The van der Waals surface area contributed by atoms with Crippen molar-refractivity contribution < 1.29 is 8.78 Å². The normalized spacial score (nSPS) is 10.3. The highest BCUT2D eigenvalue weighted by atomic mass is 32.1. The van der Waals surface area contributed by atoms with Gasteiger partial charge in [0.15, 0.2) is 5.82 Å². The Kier molecular flexibility index (Phi) is 5.34. The van der Waals surface area contributed by atoms with Crippen molar-refractivity contribution in [3.8, 4) is 23.0 Å². The lowest BCUT2D eigenvalue weighted by atomic mass is 9.99. The Hall–Kier alpha value is -3.37. The molecule has 0 amide bonds. The van der Waals surface area contributed by atoms with E-state index in [4.69, 9.17) is 16.9 Å². The van der Waals surface area contributed by atoms with E-state index < -0.39 is 17.2 Å². The highest BCUT2D eigenvalue weighted by Crippen LogP contribution is 2.36. The molecule has 0 saturated heterocycles. The zero-order valence-electron chi connectivity index (χ0n) is 14.8. The maximum atomic E-state index is 14.8. The molecule has 0 saturated carbocycles. The number of aryl methyl sites for hydroxylation is 1. The van der Waals surface area contributed by atoms with Gasteiger partial charge < -0.3 is 16.9 Å². The van der Waals surface area contributed by atoms with Crippen LogP contribution in [0.3, 0.4) is 0 Å². The maximum absolute atomic E-state index is 14.8. The summed E-state index contributed by atoms with van der Waals surface area (Å²) in [6.07, 6.45) is 2.39. The molecule has 2 aromatic carbocycles. The monoisotopic (exact) mass is 394 g/mol. The second kappa shape index (κ2) is 7.71. The van der Waals surface area contributed by atoms with Crippen molar-refractivity contribution in [3.05, 3.63) is 70.4 Å². The third-order valence-corrected chi connectivity index (χ3v) is 4.81. The van der Waals surface area contributed by atoms with E-state index in [1.54, 1.807) is 12.1 Å². The predicted molar refractivity (Wildman–Crippen MR) is 111 cm³/mol. The van der Waals surface area contributed by atoms with Gasteiger partial charge in [0.1, 0.15) is 11.6 Å². The van der Waals surface area contributed by atoms with Crippen LogP contribution in [-0.4, -0.2) is 11.2 Å². The molecule has 0 aliphatic heterocycles. The van der Waals surface area contributed by atoms with Crippen molar-refractivity contribution >= 4 is 30.3 Å². The fourth-order valence-electron chi connectivity index (χ4n) is 2.66. The minimum absolute atomic E-state index is 0.173. The molecule has 1 heterocycles. The smallest absolute Gasteiger partial charge is 0.165 e. The minimum atomic E-state index is -0.938. The van der Waals surface area contributed by atoms with E-state index in [1.165, 1.54) is 12.3 Å². The van der Waals surface area contributed by atoms with Crippen LogP contribution in [0.4, 0.5) is 20.3 Å². The first-order valence-electron chi connectivity index (χ1n) is 8.18. The molecule has 0 radical (unpaired) electrons. The van der Waals surface area contributed by atoms with E-state index in [0.717, 1.165) is 17.8 Å².